The molecule has 0 radical (unpaired) electrons. The van der Waals surface area contributed by atoms with E-state index in [-0.39, 0.29) is 0 Å². The Morgan fingerprint density at radius 3 is 1.33 bits per heavy atom. The molecule has 0 amide bonds. The van der Waals surface area contributed by atoms with Crippen molar-refractivity contribution in [3.8, 4) is 0 Å². The number of aliphatic carboxylic acids is 2. The van der Waals surface area contributed by atoms with Gasteiger partial charge in [-0.2, -0.15) is 26.3 Å². The van der Waals surface area contributed by atoms with Gasteiger partial charge in [0.25, 0.3) is 0 Å². The molecule has 1 saturated heterocycles. The third-order valence-corrected chi connectivity index (χ3v) is 3.63. The van der Waals surface area contributed by atoms with Crippen molar-refractivity contribution in [2.45, 2.75) is 62.8 Å². The standard InChI is InChI=1S/C9H17N.2C2HF3O2/c1-2-5-9(6-3-1)7-4-8-10-9;2*3-2(4,5)1(6)7/h10H,1-8H2;2*(H,6,7). The summed E-state index contributed by atoms with van der Waals surface area (Å²) in [5.74, 6) is -5.51. The van der Waals surface area contributed by atoms with E-state index >= 15 is 0 Å². The molecule has 142 valence electrons. The Morgan fingerprint density at radius 2 is 1.08 bits per heavy atom. The lowest BCUT2D eigenvalue weighted by molar-refractivity contribution is -0.193. The highest BCUT2D eigenvalue weighted by Crippen LogP contribution is 2.34. The lowest BCUT2D eigenvalue weighted by atomic mass is 9.81. The predicted molar refractivity (Wildman–Crippen MR) is 70.4 cm³/mol. The number of halogens is 6. The summed E-state index contributed by atoms with van der Waals surface area (Å²) >= 11 is 0. The van der Waals surface area contributed by atoms with Gasteiger partial charge in [-0.15, -0.1) is 0 Å². The van der Waals surface area contributed by atoms with Gasteiger partial charge in [0.1, 0.15) is 0 Å². The number of rotatable bonds is 0. The van der Waals surface area contributed by atoms with E-state index in [4.69, 9.17) is 19.8 Å². The number of carboxylic acid groups (broad SMARTS) is 2. The molecular formula is C13H19F6NO4. The second-order valence-electron chi connectivity index (χ2n) is 5.48. The fraction of sp³-hybridized carbons (Fsp3) is 0.846. The normalized spacial score (nSPS) is 19.6. The maximum Gasteiger partial charge on any atom is 0.490 e. The van der Waals surface area contributed by atoms with Crippen LogP contribution in [0.5, 0.6) is 0 Å². The zero-order valence-corrected chi connectivity index (χ0v) is 12.6. The van der Waals surface area contributed by atoms with Crippen molar-refractivity contribution >= 4 is 11.9 Å². The minimum absolute atomic E-state index is 0.623. The molecule has 0 atom stereocenters. The van der Waals surface area contributed by atoms with Crippen LogP contribution in [0.25, 0.3) is 0 Å². The van der Waals surface area contributed by atoms with Gasteiger partial charge in [-0.05, 0) is 32.2 Å². The molecular weight excluding hydrogens is 348 g/mol. The lowest BCUT2D eigenvalue weighted by Gasteiger charge is -2.33. The van der Waals surface area contributed by atoms with E-state index in [1.807, 2.05) is 0 Å². The SMILES string of the molecule is C1CCC2(CC1)CCCN2.O=C(O)C(F)(F)F.O=C(O)C(F)(F)F. The van der Waals surface area contributed by atoms with E-state index in [1.165, 1.54) is 51.5 Å². The summed E-state index contributed by atoms with van der Waals surface area (Å²) in [6.45, 7) is 1.28. The van der Waals surface area contributed by atoms with Crippen LogP contribution in [0.4, 0.5) is 26.3 Å². The molecule has 0 aromatic rings. The number of alkyl halides is 6. The van der Waals surface area contributed by atoms with Gasteiger partial charge in [-0.25, -0.2) is 9.59 Å². The number of hydrogen-bond acceptors (Lipinski definition) is 3. The van der Waals surface area contributed by atoms with Crippen molar-refractivity contribution in [3.05, 3.63) is 0 Å². The van der Waals surface area contributed by atoms with Gasteiger partial charge in [0.2, 0.25) is 0 Å². The average molecular weight is 367 g/mol. The maximum atomic E-state index is 10.6. The van der Waals surface area contributed by atoms with Gasteiger partial charge >= 0.3 is 24.3 Å². The zero-order valence-electron chi connectivity index (χ0n) is 12.6. The first-order valence-corrected chi connectivity index (χ1v) is 7.15. The molecule has 1 spiro atoms. The molecule has 3 N–H and O–H groups in total. The van der Waals surface area contributed by atoms with Crippen LogP contribution in [0.2, 0.25) is 0 Å². The minimum Gasteiger partial charge on any atom is -0.475 e. The quantitative estimate of drug-likeness (QED) is 0.572. The minimum atomic E-state index is -5.08. The molecule has 0 unspecified atom stereocenters. The van der Waals surface area contributed by atoms with E-state index in [0.29, 0.717) is 5.54 Å². The van der Waals surface area contributed by atoms with Crippen LogP contribution < -0.4 is 5.32 Å². The third kappa shape index (κ3) is 8.94. The van der Waals surface area contributed by atoms with Crippen molar-refractivity contribution in [3.63, 3.8) is 0 Å². The highest BCUT2D eigenvalue weighted by atomic mass is 19.4. The molecule has 0 aromatic carbocycles. The molecule has 5 nitrogen and oxygen atoms in total. The van der Waals surface area contributed by atoms with Gasteiger partial charge < -0.3 is 15.5 Å². The summed E-state index contributed by atoms with van der Waals surface area (Å²) in [5.41, 5.74) is 0.623. The van der Waals surface area contributed by atoms with Crippen LogP contribution >= 0.6 is 0 Å². The molecule has 24 heavy (non-hydrogen) atoms. The second kappa shape index (κ2) is 9.09. The summed E-state index contributed by atoms with van der Waals surface area (Å²) in [4.78, 5) is 17.8. The van der Waals surface area contributed by atoms with E-state index in [1.54, 1.807) is 0 Å². The molecule has 2 aliphatic rings. The van der Waals surface area contributed by atoms with Crippen LogP contribution in [-0.4, -0.2) is 46.6 Å². The van der Waals surface area contributed by atoms with Crippen LogP contribution in [0.3, 0.4) is 0 Å². The molecule has 2 rings (SSSR count). The smallest absolute Gasteiger partial charge is 0.475 e. The Morgan fingerprint density at radius 1 is 0.750 bits per heavy atom. The van der Waals surface area contributed by atoms with Gasteiger partial charge in [-0.1, -0.05) is 19.3 Å². The molecule has 0 bridgehead atoms. The highest BCUT2D eigenvalue weighted by Gasteiger charge is 2.39. The molecule has 1 saturated carbocycles. The Labute approximate surface area is 134 Å². The van der Waals surface area contributed by atoms with Crippen molar-refractivity contribution in [2.24, 2.45) is 0 Å². The van der Waals surface area contributed by atoms with Crippen molar-refractivity contribution in [1.82, 2.24) is 5.32 Å². The van der Waals surface area contributed by atoms with Gasteiger partial charge in [-0.3, -0.25) is 0 Å². The topological polar surface area (TPSA) is 86.6 Å². The number of carbonyl (C=O) groups is 2. The van der Waals surface area contributed by atoms with Crippen LogP contribution in [0, 0.1) is 0 Å². The predicted octanol–water partition coefficient (Wildman–Crippen LogP) is 3.34. The van der Waals surface area contributed by atoms with Gasteiger partial charge in [0.05, 0.1) is 0 Å². The number of carboxylic acids is 2. The van der Waals surface area contributed by atoms with E-state index < -0.39 is 24.3 Å². The van der Waals surface area contributed by atoms with Gasteiger partial charge in [0, 0.05) is 5.54 Å². The highest BCUT2D eigenvalue weighted by molar-refractivity contribution is 5.73. The summed E-state index contributed by atoms with van der Waals surface area (Å²) in [6, 6.07) is 0. The van der Waals surface area contributed by atoms with Crippen molar-refractivity contribution in [1.29, 1.82) is 0 Å². The summed E-state index contributed by atoms with van der Waals surface area (Å²) < 4.78 is 63.5. The summed E-state index contributed by atoms with van der Waals surface area (Å²) in [6.07, 6.45) is 0.0103. The zero-order chi connectivity index (χ0) is 19.0. The maximum absolute atomic E-state index is 10.6. The summed E-state index contributed by atoms with van der Waals surface area (Å²) in [7, 11) is 0. The fourth-order valence-corrected chi connectivity index (χ4v) is 2.52. The van der Waals surface area contributed by atoms with E-state index in [2.05, 4.69) is 5.32 Å². The molecule has 1 aliphatic heterocycles. The van der Waals surface area contributed by atoms with Crippen LogP contribution in [0.1, 0.15) is 44.9 Å². The first-order chi connectivity index (χ1) is 10.8. The van der Waals surface area contributed by atoms with Crippen LogP contribution in [-0.2, 0) is 9.59 Å². The van der Waals surface area contributed by atoms with E-state index in [9.17, 15) is 26.3 Å². The molecule has 0 aromatic heterocycles. The number of nitrogens with one attached hydrogen (secondary N) is 1. The molecule has 1 heterocycles. The Hall–Kier alpha value is -1.52. The number of hydrogen-bond donors (Lipinski definition) is 3. The molecule has 1 aliphatic carbocycles. The Balaban J connectivity index is 0.000000343. The largest absolute Gasteiger partial charge is 0.490 e. The van der Waals surface area contributed by atoms with Crippen molar-refractivity contribution in [2.75, 3.05) is 6.54 Å². The second-order valence-corrected chi connectivity index (χ2v) is 5.48. The van der Waals surface area contributed by atoms with Crippen LogP contribution in [0.15, 0.2) is 0 Å². The Kier molecular flexibility index (Phi) is 8.52. The lowest BCUT2D eigenvalue weighted by Crippen LogP contribution is -2.41. The summed E-state index contributed by atoms with van der Waals surface area (Å²) in [5, 5.41) is 17.9. The molecule has 2 fully saturated rings. The third-order valence-electron chi connectivity index (χ3n) is 3.63. The molecule has 11 heteroatoms. The average Bonchev–Trinajstić information content (AvgIpc) is 2.87. The van der Waals surface area contributed by atoms with E-state index in [0.717, 1.165) is 0 Å². The fourth-order valence-electron chi connectivity index (χ4n) is 2.52. The van der Waals surface area contributed by atoms with Gasteiger partial charge in [0.15, 0.2) is 0 Å². The monoisotopic (exact) mass is 367 g/mol. The Bertz CT molecular complexity index is 384. The first-order valence-electron chi connectivity index (χ1n) is 7.15. The first kappa shape index (κ1) is 22.5. The van der Waals surface area contributed by atoms with Crippen molar-refractivity contribution < 1.29 is 46.1 Å².